The van der Waals surface area contributed by atoms with Gasteiger partial charge in [-0.1, -0.05) is 0 Å². The van der Waals surface area contributed by atoms with Gasteiger partial charge in [0.2, 0.25) is 0 Å². The Balaban J connectivity index is 3.12. The minimum Gasteiger partial charge on any atom is -0.328 e. The summed E-state index contributed by atoms with van der Waals surface area (Å²) >= 11 is 0. The number of hydrogen-bond donors (Lipinski definition) is 1. The molecule has 3 heteroatoms. The van der Waals surface area contributed by atoms with Crippen molar-refractivity contribution in [1.82, 2.24) is 4.98 Å². The van der Waals surface area contributed by atoms with Crippen LogP contribution in [0.5, 0.6) is 0 Å². The first-order valence-electron chi connectivity index (χ1n) is 4.86. The normalized spacial score (nSPS) is 13.1. The van der Waals surface area contributed by atoms with Crippen molar-refractivity contribution >= 4 is 11.3 Å². The van der Waals surface area contributed by atoms with E-state index in [0.717, 1.165) is 22.4 Å². The second-order valence-corrected chi connectivity index (χ2v) is 3.59. The molecule has 0 atom stereocenters. The van der Waals surface area contributed by atoms with Gasteiger partial charge in [-0.05, 0) is 44.1 Å². The zero-order valence-electron chi connectivity index (χ0n) is 9.59. The van der Waals surface area contributed by atoms with Crippen molar-refractivity contribution < 1.29 is 0 Å². The van der Waals surface area contributed by atoms with Crippen LogP contribution in [0.1, 0.15) is 25.0 Å². The Labute approximate surface area is 89.6 Å². The molecule has 0 bridgehead atoms. The first-order chi connectivity index (χ1) is 7.04. The maximum atomic E-state index is 11.2. The highest BCUT2D eigenvalue weighted by Crippen LogP contribution is 2.12. The van der Waals surface area contributed by atoms with Crippen LogP contribution < -0.4 is 5.56 Å². The van der Waals surface area contributed by atoms with Crippen LogP contribution in [0.3, 0.4) is 0 Å². The zero-order chi connectivity index (χ0) is 11.4. The van der Waals surface area contributed by atoms with Crippen molar-refractivity contribution in [2.45, 2.75) is 20.8 Å². The third kappa shape index (κ3) is 2.91. The van der Waals surface area contributed by atoms with Crippen LogP contribution in [-0.2, 0) is 0 Å². The number of aryl methyl sites for hydroxylation is 1. The van der Waals surface area contributed by atoms with Crippen molar-refractivity contribution in [2.24, 2.45) is 4.99 Å². The maximum Gasteiger partial charge on any atom is 0.250 e. The van der Waals surface area contributed by atoms with Crippen LogP contribution in [0, 0.1) is 6.92 Å². The first kappa shape index (κ1) is 11.4. The monoisotopic (exact) mass is 204 g/mol. The van der Waals surface area contributed by atoms with Crippen molar-refractivity contribution in [3.8, 4) is 0 Å². The number of aromatic nitrogens is 1. The fourth-order valence-electron chi connectivity index (χ4n) is 1.29. The molecule has 1 rings (SSSR count). The molecule has 3 nitrogen and oxygen atoms in total. The Bertz CT molecular complexity index is 467. The molecule has 0 amide bonds. The zero-order valence-corrected chi connectivity index (χ0v) is 9.59. The molecule has 0 aliphatic rings. The van der Waals surface area contributed by atoms with Crippen LogP contribution >= 0.6 is 0 Å². The van der Waals surface area contributed by atoms with Crippen LogP contribution in [0.25, 0.3) is 5.57 Å². The molecule has 0 unspecified atom stereocenters. The third-order valence-corrected chi connectivity index (χ3v) is 2.32. The van der Waals surface area contributed by atoms with Crippen molar-refractivity contribution in [1.29, 1.82) is 0 Å². The van der Waals surface area contributed by atoms with E-state index in [4.69, 9.17) is 0 Å². The summed E-state index contributed by atoms with van der Waals surface area (Å²) in [5.74, 6) is 0. The number of allylic oxidation sites excluding steroid dienone is 2. The van der Waals surface area contributed by atoms with Gasteiger partial charge in [-0.15, -0.1) is 0 Å². The van der Waals surface area contributed by atoms with Gasteiger partial charge in [0.15, 0.2) is 0 Å². The average Bonchev–Trinajstić information content (AvgIpc) is 2.21. The summed E-state index contributed by atoms with van der Waals surface area (Å²) in [5.41, 5.74) is 3.78. The molecule has 1 aromatic heterocycles. The number of H-pyrrole nitrogens is 1. The van der Waals surface area contributed by atoms with E-state index in [0.29, 0.717) is 0 Å². The van der Waals surface area contributed by atoms with E-state index in [9.17, 15) is 4.79 Å². The summed E-state index contributed by atoms with van der Waals surface area (Å²) in [5, 5.41) is 0. The fourth-order valence-corrected chi connectivity index (χ4v) is 1.29. The third-order valence-electron chi connectivity index (χ3n) is 2.32. The van der Waals surface area contributed by atoms with Gasteiger partial charge >= 0.3 is 0 Å². The van der Waals surface area contributed by atoms with Gasteiger partial charge in [-0.25, -0.2) is 0 Å². The second kappa shape index (κ2) is 4.73. The fraction of sp³-hybridized carbons (Fsp3) is 0.333. The van der Waals surface area contributed by atoms with Gasteiger partial charge in [0.1, 0.15) is 0 Å². The smallest absolute Gasteiger partial charge is 0.250 e. The standard InChI is InChI=1S/C12H16N2O/c1-8(5-10(3)13-4)11-6-9(2)12(15)14-7-11/h5-7H,1-4H3,(H,14,15)/b8-5+,13-10?. The Morgan fingerprint density at radius 2 is 2.13 bits per heavy atom. The topological polar surface area (TPSA) is 45.2 Å². The average molecular weight is 204 g/mol. The van der Waals surface area contributed by atoms with Gasteiger partial charge in [0.05, 0.1) is 0 Å². The van der Waals surface area contributed by atoms with Crippen LogP contribution in [-0.4, -0.2) is 17.7 Å². The molecular weight excluding hydrogens is 188 g/mol. The lowest BCUT2D eigenvalue weighted by atomic mass is 10.1. The molecule has 1 heterocycles. The van der Waals surface area contributed by atoms with Gasteiger partial charge in [-0.2, -0.15) is 0 Å². The Morgan fingerprint density at radius 1 is 1.47 bits per heavy atom. The summed E-state index contributed by atoms with van der Waals surface area (Å²) in [6.07, 6.45) is 3.72. The number of hydrogen-bond acceptors (Lipinski definition) is 2. The second-order valence-electron chi connectivity index (χ2n) is 3.59. The molecule has 0 fully saturated rings. The Morgan fingerprint density at radius 3 is 2.67 bits per heavy atom. The van der Waals surface area contributed by atoms with E-state index < -0.39 is 0 Å². The molecule has 15 heavy (non-hydrogen) atoms. The number of nitrogens with one attached hydrogen (secondary N) is 1. The van der Waals surface area contributed by atoms with Crippen molar-refractivity contribution in [3.05, 3.63) is 39.8 Å². The summed E-state index contributed by atoms with van der Waals surface area (Å²) in [6, 6.07) is 1.88. The number of aliphatic imine (C=N–C) groups is 1. The van der Waals surface area contributed by atoms with Gasteiger partial charge in [-0.3, -0.25) is 9.79 Å². The quantitative estimate of drug-likeness (QED) is 0.737. The van der Waals surface area contributed by atoms with E-state index >= 15 is 0 Å². The SMILES string of the molecule is CN=C(C)/C=C(\C)c1c[nH]c(=O)c(C)c1. The molecule has 1 N–H and O–H groups in total. The lowest BCUT2D eigenvalue weighted by Crippen LogP contribution is -2.08. The number of pyridine rings is 1. The minimum atomic E-state index is -0.0348. The maximum absolute atomic E-state index is 11.2. The van der Waals surface area contributed by atoms with Gasteiger partial charge in [0, 0.05) is 24.5 Å². The summed E-state index contributed by atoms with van der Waals surface area (Å²) in [7, 11) is 1.76. The van der Waals surface area contributed by atoms with E-state index in [1.807, 2.05) is 26.0 Å². The lowest BCUT2D eigenvalue weighted by Gasteiger charge is -2.02. The van der Waals surface area contributed by atoms with E-state index in [2.05, 4.69) is 9.98 Å². The molecule has 0 aliphatic carbocycles. The van der Waals surface area contributed by atoms with Crippen LogP contribution in [0.2, 0.25) is 0 Å². The summed E-state index contributed by atoms with van der Waals surface area (Å²) in [6.45, 7) is 5.75. The van der Waals surface area contributed by atoms with Crippen molar-refractivity contribution in [2.75, 3.05) is 7.05 Å². The predicted octanol–water partition coefficient (Wildman–Crippen LogP) is 2.18. The number of aromatic amines is 1. The predicted molar refractivity (Wildman–Crippen MR) is 64.5 cm³/mol. The Kier molecular flexibility index (Phi) is 3.61. The summed E-state index contributed by atoms with van der Waals surface area (Å²) < 4.78 is 0. The summed E-state index contributed by atoms with van der Waals surface area (Å²) in [4.78, 5) is 17.9. The molecule has 0 aromatic carbocycles. The molecule has 0 saturated carbocycles. The molecule has 0 spiro atoms. The lowest BCUT2D eigenvalue weighted by molar-refractivity contribution is 1.17. The van der Waals surface area contributed by atoms with Crippen LogP contribution in [0.4, 0.5) is 0 Å². The highest BCUT2D eigenvalue weighted by Gasteiger charge is 1.99. The largest absolute Gasteiger partial charge is 0.328 e. The highest BCUT2D eigenvalue weighted by atomic mass is 16.1. The molecule has 80 valence electrons. The van der Waals surface area contributed by atoms with E-state index in [1.165, 1.54) is 0 Å². The van der Waals surface area contributed by atoms with Crippen molar-refractivity contribution in [3.63, 3.8) is 0 Å². The van der Waals surface area contributed by atoms with Gasteiger partial charge < -0.3 is 4.98 Å². The Hall–Kier alpha value is -1.64. The van der Waals surface area contributed by atoms with Gasteiger partial charge in [0.25, 0.3) is 5.56 Å². The molecule has 1 aromatic rings. The van der Waals surface area contributed by atoms with Crippen LogP contribution in [0.15, 0.2) is 28.1 Å². The molecule has 0 aliphatic heterocycles. The molecular formula is C12H16N2O. The first-order valence-corrected chi connectivity index (χ1v) is 4.86. The van der Waals surface area contributed by atoms with E-state index in [1.54, 1.807) is 20.2 Å². The number of nitrogens with zero attached hydrogens (tertiary/aromatic N) is 1. The number of rotatable bonds is 2. The molecule has 0 saturated heterocycles. The minimum absolute atomic E-state index is 0.0348. The molecule has 0 radical (unpaired) electrons. The highest BCUT2D eigenvalue weighted by molar-refractivity contribution is 5.98. The van der Waals surface area contributed by atoms with E-state index in [-0.39, 0.29) is 5.56 Å².